The summed E-state index contributed by atoms with van der Waals surface area (Å²) >= 11 is 9.58. The first-order chi connectivity index (χ1) is 9.09. The average Bonchev–Trinajstić information content (AvgIpc) is 2.65. The van der Waals surface area contributed by atoms with Gasteiger partial charge in [0.15, 0.2) is 0 Å². The van der Waals surface area contributed by atoms with Gasteiger partial charge in [0.1, 0.15) is 4.32 Å². The van der Waals surface area contributed by atoms with E-state index in [0.717, 1.165) is 17.7 Å². The van der Waals surface area contributed by atoms with Crippen LogP contribution in [0.15, 0.2) is 48.2 Å². The quantitative estimate of drug-likeness (QED) is 0.820. The maximum absolute atomic E-state index is 12.3. The van der Waals surface area contributed by atoms with E-state index < -0.39 is 4.32 Å². The molecule has 19 heavy (non-hydrogen) atoms. The van der Waals surface area contributed by atoms with E-state index in [4.69, 9.17) is 11.6 Å². The lowest BCUT2D eigenvalue weighted by molar-refractivity contribution is -0.121. The van der Waals surface area contributed by atoms with Crippen molar-refractivity contribution >= 4 is 33.4 Å². The second-order valence-corrected chi connectivity index (χ2v) is 6.81. The molecule has 1 aliphatic heterocycles. The van der Waals surface area contributed by atoms with Crippen LogP contribution >= 0.6 is 27.5 Å². The molecule has 2 aliphatic rings. The van der Waals surface area contributed by atoms with Crippen LogP contribution in [-0.4, -0.2) is 10.2 Å². The molecule has 1 saturated heterocycles. The molecule has 1 aromatic carbocycles. The fourth-order valence-electron chi connectivity index (χ4n) is 2.69. The summed E-state index contributed by atoms with van der Waals surface area (Å²) in [5.74, 6) is 0.225. The number of benzene rings is 1. The van der Waals surface area contributed by atoms with Crippen molar-refractivity contribution in [1.82, 2.24) is 5.32 Å². The number of allylic oxidation sites excluding steroid dienone is 4. The molecule has 4 heteroatoms. The van der Waals surface area contributed by atoms with Gasteiger partial charge in [0.05, 0.1) is 0 Å². The Morgan fingerprint density at radius 1 is 1.37 bits per heavy atom. The minimum atomic E-state index is -0.558. The third kappa shape index (κ3) is 2.26. The third-order valence-electron chi connectivity index (χ3n) is 3.72. The molecule has 2 nitrogen and oxygen atoms in total. The Hall–Kier alpha value is -1.06. The zero-order chi connectivity index (χ0) is 13.5. The fraction of sp³-hybridized carbons (Fsp3) is 0.267. The highest BCUT2D eigenvalue weighted by atomic mass is 79.9. The molecule has 1 aromatic rings. The van der Waals surface area contributed by atoms with E-state index in [2.05, 4.69) is 27.3 Å². The monoisotopic (exact) mass is 337 g/mol. The van der Waals surface area contributed by atoms with Gasteiger partial charge in [0.2, 0.25) is 5.91 Å². The van der Waals surface area contributed by atoms with Gasteiger partial charge in [0, 0.05) is 16.6 Å². The Kier molecular flexibility index (Phi) is 3.27. The summed E-state index contributed by atoms with van der Waals surface area (Å²) in [5, 5.41) is 3.69. The number of hydrogen-bond acceptors (Lipinski definition) is 1. The van der Waals surface area contributed by atoms with Gasteiger partial charge in [-0.3, -0.25) is 4.79 Å². The van der Waals surface area contributed by atoms with E-state index in [9.17, 15) is 4.79 Å². The molecule has 1 N–H and O–H groups in total. The van der Waals surface area contributed by atoms with E-state index >= 15 is 0 Å². The summed E-state index contributed by atoms with van der Waals surface area (Å²) in [4.78, 5) is 12.3. The molecule has 1 aliphatic carbocycles. The van der Waals surface area contributed by atoms with Gasteiger partial charge < -0.3 is 5.32 Å². The van der Waals surface area contributed by atoms with Crippen LogP contribution in [-0.2, 0) is 11.2 Å². The molecule has 0 radical (unpaired) electrons. The van der Waals surface area contributed by atoms with Crippen LogP contribution in [0.3, 0.4) is 0 Å². The summed E-state index contributed by atoms with van der Waals surface area (Å²) in [6.07, 6.45) is 7.62. The van der Waals surface area contributed by atoms with Crippen LogP contribution in [0.25, 0.3) is 0 Å². The van der Waals surface area contributed by atoms with Crippen molar-refractivity contribution in [2.75, 3.05) is 0 Å². The maximum atomic E-state index is 12.3. The maximum Gasteiger partial charge on any atom is 0.242 e. The highest BCUT2D eigenvalue weighted by Crippen LogP contribution is 2.44. The lowest BCUT2D eigenvalue weighted by Crippen LogP contribution is -2.38. The molecule has 1 heterocycles. The Morgan fingerprint density at radius 3 is 2.84 bits per heavy atom. The second kappa shape index (κ2) is 4.80. The molecule has 2 atom stereocenters. The number of fused-ring (bicyclic) bond motifs is 1. The van der Waals surface area contributed by atoms with E-state index in [1.54, 1.807) is 0 Å². The minimum absolute atomic E-state index is 0.0439. The molecule has 1 amide bonds. The number of amides is 1. The lowest BCUT2D eigenvalue weighted by atomic mass is 9.83. The molecule has 0 aromatic heterocycles. The molecule has 0 spiro atoms. The van der Waals surface area contributed by atoms with Crippen LogP contribution in [0.2, 0.25) is 5.02 Å². The first-order valence-electron chi connectivity index (χ1n) is 6.21. The first-order valence-corrected chi connectivity index (χ1v) is 7.38. The van der Waals surface area contributed by atoms with Crippen molar-refractivity contribution in [1.29, 1.82) is 0 Å². The number of halogens is 2. The average molecular weight is 339 g/mol. The van der Waals surface area contributed by atoms with Gasteiger partial charge in [0.25, 0.3) is 0 Å². The Morgan fingerprint density at radius 2 is 2.11 bits per heavy atom. The summed E-state index contributed by atoms with van der Waals surface area (Å²) < 4.78 is -0.558. The van der Waals surface area contributed by atoms with E-state index in [-0.39, 0.29) is 11.8 Å². The molecule has 1 fully saturated rings. The van der Waals surface area contributed by atoms with E-state index in [1.165, 1.54) is 0 Å². The van der Waals surface area contributed by atoms with Crippen LogP contribution < -0.4 is 5.32 Å². The molecule has 3 rings (SSSR count). The van der Waals surface area contributed by atoms with Gasteiger partial charge >= 0.3 is 0 Å². The SMILES string of the molecule is O=C1NC2=CC=CCC2C1(Br)Cc1ccc(Cl)cc1. The fourth-order valence-corrected chi connectivity index (χ4v) is 3.67. The third-order valence-corrected chi connectivity index (χ3v) is 5.17. The molecule has 0 saturated carbocycles. The van der Waals surface area contributed by atoms with Crippen LogP contribution in [0.1, 0.15) is 12.0 Å². The Balaban J connectivity index is 1.90. The van der Waals surface area contributed by atoms with E-state index in [1.807, 2.05) is 36.4 Å². The van der Waals surface area contributed by atoms with Crippen LogP contribution in [0.5, 0.6) is 0 Å². The number of rotatable bonds is 2. The zero-order valence-electron chi connectivity index (χ0n) is 10.2. The summed E-state index contributed by atoms with van der Waals surface area (Å²) in [6, 6.07) is 7.66. The summed E-state index contributed by atoms with van der Waals surface area (Å²) in [7, 11) is 0. The molecule has 98 valence electrons. The Bertz CT molecular complexity index is 578. The summed E-state index contributed by atoms with van der Waals surface area (Å²) in [5.41, 5.74) is 2.12. The molecular formula is C15H13BrClNO. The number of carbonyl (C=O) groups excluding carboxylic acids is 1. The molecular weight excluding hydrogens is 326 g/mol. The second-order valence-electron chi connectivity index (χ2n) is 4.96. The van der Waals surface area contributed by atoms with Gasteiger partial charge in [-0.25, -0.2) is 0 Å². The molecule has 0 bridgehead atoms. The topological polar surface area (TPSA) is 29.1 Å². The zero-order valence-corrected chi connectivity index (χ0v) is 12.5. The smallest absolute Gasteiger partial charge is 0.242 e. The van der Waals surface area contributed by atoms with Gasteiger partial charge in [-0.1, -0.05) is 51.8 Å². The predicted octanol–water partition coefficient (Wildman–Crippen LogP) is 3.61. The van der Waals surface area contributed by atoms with Gasteiger partial charge in [-0.2, -0.15) is 0 Å². The van der Waals surface area contributed by atoms with Crippen molar-refractivity contribution in [2.24, 2.45) is 5.92 Å². The van der Waals surface area contributed by atoms with E-state index in [0.29, 0.717) is 11.4 Å². The van der Waals surface area contributed by atoms with Gasteiger partial charge in [-0.05, 0) is 36.6 Å². The number of hydrogen-bond donors (Lipinski definition) is 1. The molecule has 2 unspecified atom stereocenters. The summed E-state index contributed by atoms with van der Waals surface area (Å²) in [6.45, 7) is 0. The van der Waals surface area contributed by atoms with Gasteiger partial charge in [-0.15, -0.1) is 0 Å². The lowest BCUT2D eigenvalue weighted by Gasteiger charge is -2.27. The minimum Gasteiger partial charge on any atom is -0.328 e. The largest absolute Gasteiger partial charge is 0.328 e. The van der Waals surface area contributed by atoms with Crippen molar-refractivity contribution < 1.29 is 4.79 Å². The van der Waals surface area contributed by atoms with Crippen molar-refractivity contribution in [3.05, 3.63) is 58.8 Å². The normalized spacial score (nSPS) is 28.8. The van der Waals surface area contributed by atoms with Crippen molar-refractivity contribution in [3.8, 4) is 0 Å². The standard InChI is InChI=1S/C15H13BrClNO/c16-15(9-10-5-7-11(17)8-6-10)12-3-1-2-4-13(12)18-14(15)19/h1-2,4-8,12H,3,9H2,(H,18,19). The first kappa shape index (κ1) is 12.9. The highest BCUT2D eigenvalue weighted by molar-refractivity contribution is 9.10. The number of nitrogens with one attached hydrogen (secondary N) is 1. The highest BCUT2D eigenvalue weighted by Gasteiger charge is 2.50. The van der Waals surface area contributed by atoms with Crippen LogP contribution in [0, 0.1) is 5.92 Å². The number of alkyl halides is 1. The van der Waals surface area contributed by atoms with Crippen molar-refractivity contribution in [2.45, 2.75) is 17.2 Å². The van der Waals surface area contributed by atoms with Crippen LogP contribution in [0.4, 0.5) is 0 Å². The number of carbonyl (C=O) groups is 1. The Labute approximate surface area is 125 Å². The predicted molar refractivity (Wildman–Crippen MR) is 80.3 cm³/mol. The van der Waals surface area contributed by atoms with Crippen molar-refractivity contribution in [3.63, 3.8) is 0 Å².